The zero-order chi connectivity index (χ0) is 19.2. The number of benzene rings is 3. The van der Waals surface area contributed by atoms with Gasteiger partial charge < -0.3 is 10.6 Å². The van der Waals surface area contributed by atoms with Gasteiger partial charge in [0.25, 0.3) is 0 Å². The molecule has 134 valence electrons. The highest BCUT2D eigenvalue weighted by Crippen LogP contribution is 2.31. The molecular weight excluding hydrogens is 381 g/mol. The van der Waals surface area contributed by atoms with Gasteiger partial charge in [-0.3, -0.25) is 0 Å². The molecule has 0 spiro atoms. The molecule has 6 heteroatoms. The van der Waals surface area contributed by atoms with E-state index in [1.54, 1.807) is 42.5 Å². The molecule has 2 N–H and O–H groups in total. The van der Waals surface area contributed by atoms with Crippen molar-refractivity contribution in [3.63, 3.8) is 0 Å². The topological polar surface area (TPSA) is 64.9 Å². The van der Waals surface area contributed by atoms with Gasteiger partial charge in [0.05, 0.1) is 12.0 Å². The summed E-state index contributed by atoms with van der Waals surface area (Å²) in [5, 5.41) is 15.9. The van der Waals surface area contributed by atoms with Crippen LogP contribution in [0.4, 0.5) is 16.2 Å². The molecule has 4 nitrogen and oxygen atoms in total. The number of hydrogen-bond acceptors (Lipinski definition) is 2. The molecule has 0 fully saturated rings. The van der Waals surface area contributed by atoms with Gasteiger partial charge in [0.1, 0.15) is 0 Å². The second-order valence-corrected chi connectivity index (χ2v) is 6.64. The Morgan fingerprint density at radius 3 is 2.22 bits per heavy atom. The second kappa shape index (κ2) is 8.59. The van der Waals surface area contributed by atoms with Crippen molar-refractivity contribution in [1.82, 2.24) is 0 Å². The summed E-state index contributed by atoms with van der Waals surface area (Å²) in [5.74, 6) is -0.479. The maximum Gasteiger partial charge on any atom is 0.323 e. The average Bonchev–Trinajstić information content (AvgIpc) is 2.65. The third-order valence-electron chi connectivity index (χ3n) is 3.91. The highest BCUT2D eigenvalue weighted by atomic mass is 35.5. The molecule has 0 radical (unpaired) electrons. The zero-order valence-corrected chi connectivity index (χ0v) is 15.6. The number of nitrogens with one attached hydrogen (secondary N) is 2. The van der Waals surface area contributed by atoms with Crippen LogP contribution in [0.15, 0.2) is 72.8 Å². The summed E-state index contributed by atoms with van der Waals surface area (Å²) in [6, 6.07) is 23.2. The molecule has 0 saturated heterocycles. The molecule has 0 aliphatic rings. The van der Waals surface area contributed by atoms with E-state index in [1.165, 1.54) is 0 Å². The van der Waals surface area contributed by atoms with Crippen LogP contribution in [-0.2, 0) is 0 Å². The SMILES string of the molecule is N#CC(c1ccccc1)c1ccc(NC(=O)Nc2cccc(Cl)c2)cc1Cl. The smallest absolute Gasteiger partial charge is 0.308 e. The van der Waals surface area contributed by atoms with Gasteiger partial charge in [-0.2, -0.15) is 5.26 Å². The van der Waals surface area contributed by atoms with Gasteiger partial charge in [-0.1, -0.05) is 65.7 Å². The normalized spacial score (nSPS) is 11.3. The number of hydrogen-bond donors (Lipinski definition) is 2. The van der Waals surface area contributed by atoms with Crippen molar-refractivity contribution < 1.29 is 4.79 Å². The molecule has 2 amide bonds. The van der Waals surface area contributed by atoms with Crippen molar-refractivity contribution in [2.75, 3.05) is 10.6 Å². The van der Waals surface area contributed by atoms with Crippen molar-refractivity contribution in [2.24, 2.45) is 0 Å². The van der Waals surface area contributed by atoms with Crippen molar-refractivity contribution >= 4 is 40.6 Å². The lowest BCUT2D eigenvalue weighted by Gasteiger charge is -2.14. The summed E-state index contributed by atoms with van der Waals surface area (Å²) < 4.78 is 0. The van der Waals surface area contributed by atoms with Gasteiger partial charge in [-0.05, 0) is 41.5 Å². The van der Waals surface area contributed by atoms with E-state index >= 15 is 0 Å². The number of nitriles is 1. The maximum atomic E-state index is 12.1. The summed E-state index contributed by atoms with van der Waals surface area (Å²) >= 11 is 12.3. The summed E-state index contributed by atoms with van der Waals surface area (Å²) in [6.45, 7) is 0. The number of carbonyl (C=O) groups excluding carboxylic acids is 1. The molecule has 1 atom stereocenters. The minimum Gasteiger partial charge on any atom is -0.308 e. The quantitative estimate of drug-likeness (QED) is 0.544. The van der Waals surface area contributed by atoms with Gasteiger partial charge in [0, 0.05) is 21.4 Å². The maximum absolute atomic E-state index is 12.1. The molecule has 0 saturated carbocycles. The minimum atomic E-state index is -0.479. The fraction of sp³-hybridized carbons (Fsp3) is 0.0476. The van der Waals surface area contributed by atoms with E-state index in [0.29, 0.717) is 27.0 Å². The number of halogens is 2. The van der Waals surface area contributed by atoms with E-state index in [-0.39, 0.29) is 0 Å². The molecule has 0 aromatic heterocycles. The number of anilines is 2. The van der Waals surface area contributed by atoms with E-state index in [0.717, 1.165) is 5.56 Å². The van der Waals surface area contributed by atoms with Crippen LogP contribution in [0.2, 0.25) is 10.0 Å². The predicted molar refractivity (Wildman–Crippen MR) is 109 cm³/mol. The molecule has 1 unspecified atom stereocenters. The molecule has 27 heavy (non-hydrogen) atoms. The first-order chi connectivity index (χ1) is 13.1. The Kier molecular flexibility index (Phi) is 5.97. The minimum absolute atomic E-state index is 0.408. The van der Waals surface area contributed by atoms with Crippen molar-refractivity contribution in [3.05, 3.63) is 94.0 Å². The summed E-state index contributed by atoms with van der Waals surface area (Å²) in [4.78, 5) is 12.1. The van der Waals surface area contributed by atoms with E-state index in [1.807, 2.05) is 30.3 Å². The number of carbonyl (C=O) groups is 1. The fourth-order valence-corrected chi connectivity index (χ4v) is 3.15. The standard InChI is InChI=1S/C21H15Cl2N3O/c22-15-7-4-8-16(11-15)25-21(27)26-17-9-10-18(20(23)12-17)19(13-24)14-5-2-1-3-6-14/h1-12,19H,(H2,25,26,27). The molecule has 0 bridgehead atoms. The Morgan fingerprint density at radius 1 is 0.889 bits per heavy atom. The third-order valence-corrected chi connectivity index (χ3v) is 4.48. The van der Waals surface area contributed by atoms with Crippen molar-refractivity contribution in [1.29, 1.82) is 5.26 Å². The van der Waals surface area contributed by atoms with Gasteiger partial charge in [-0.25, -0.2) is 4.79 Å². The van der Waals surface area contributed by atoms with Crippen LogP contribution in [0.25, 0.3) is 0 Å². The largest absolute Gasteiger partial charge is 0.323 e. The molecule has 0 aliphatic carbocycles. The van der Waals surface area contributed by atoms with Crippen LogP contribution in [0.3, 0.4) is 0 Å². The molecule has 3 aromatic rings. The monoisotopic (exact) mass is 395 g/mol. The van der Waals surface area contributed by atoms with Crippen LogP contribution in [0, 0.1) is 11.3 Å². The Balaban J connectivity index is 1.74. The van der Waals surface area contributed by atoms with E-state index in [9.17, 15) is 10.1 Å². The summed E-state index contributed by atoms with van der Waals surface area (Å²) in [6.07, 6.45) is 0. The lowest BCUT2D eigenvalue weighted by Crippen LogP contribution is -2.19. The van der Waals surface area contributed by atoms with E-state index in [2.05, 4.69) is 16.7 Å². The fourth-order valence-electron chi connectivity index (χ4n) is 2.67. The van der Waals surface area contributed by atoms with Crippen molar-refractivity contribution in [2.45, 2.75) is 5.92 Å². The first-order valence-electron chi connectivity index (χ1n) is 8.14. The summed E-state index contributed by atoms with van der Waals surface area (Å²) in [7, 11) is 0. The Hall–Kier alpha value is -3.00. The van der Waals surface area contributed by atoms with Crippen LogP contribution in [-0.4, -0.2) is 6.03 Å². The number of nitrogens with zero attached hydrogens (tertiary/aromatic N) is 1. The Labute approximate surface area is 167 Å². The number of urea groups is 1. The van der Waals surface area contributed by atoms with E-state index < -0.39 is 11.9 Å². The Bertz CT molecular complexity index is 1000. The van der Waals surface area contributed by atoms with Gasteiger partial charge in [0.15, 0.2) is 0 Å². The molecule has 3 aromatic carbocycles. The first kappa shape index (κ1) is 18.8. The molecule has 0 heterocycles. The van der Waals surface area contributed by atoms with E-state index in [4.69, 9.17) is 23.2 Å². The van der Waals surface area contributed by atoms with Crippen LogP contribution < -0.4 is 10.6 Å². The lowest BCUT2D eigenvalue weighted by atomic mass is 9.92. The number of amides is 2. The lowest BCUT2D eigenvalue weighted by molar-refractivity contribution is 0.262. The molecular formula is C21H15Cl2N3O. The first-order valence-corrected chi connectivity index (χ1v) is 8.90. The summed E-state index contributed by atoms with van der Waals surface area (Å²) in [5.41, 5.74) is 2.65. The molecule has 0 aliphatic heterocycles. The predicted octanol–water partition coefficient (Wildman–Crippen LogP) is 6.29. The zero-order valence-electron chi connectivity index (χ0n) is 14.1. The number of rotatable bonds is 4. The average molecular weight is 396 g/mol. The van der Waals surface area contributed by atoms with Crippen LogP contribution in [0.1, 0.15) is 17.0 Å². The highest BCUT2D eigenvalue weighted by molar-refractivity contribution is 6.32. The van der Waals surface area contributed by atoms with Crippen molar-refractivity contribution in [3.8, 4) is 6.07 Å². The van der Waals surface area contributed by atoms with Crippen LogP contribution in [0.5, 0.6) is 0 Å². The third kappa shape index (κ3) is 4.79. The highest BCUT2D eigenvalue weighted by Gasteiger charge is 2.17. The van der Waals surface area contributed by atoms with Gasteiger partial charge >= 0.3 is 6.03 Å². The van der Waals surface area contributed by atoms with Crippen LogP contribution >= 0.6 is 23.2 Å². The van der Waals surface area contributed by atoms with Gasteiger partial charge in [-0.15, -0.1) is 0 Å². The molecule has 3 rings (SSSR count). The van der Waals surface area contributed by atoms with Gasteiger partial charge in [0.2, 0.25) is 0 Å². The second-order valence-electron chi connectivity index (χ2n) is 5.80. The Morgan fingerprint density at radius 2 is 1.59 bits per heavy atom.